The van der Waals surface area contributed by atoms with Crippen molar-refractivity contribution in [3.63, 3.8) is 0 Å². The standard InChI is InChI=1S/C28H28N2O4/c1-4-34-23-13-11-22(12-14-23)26(31)24-25(21-9-7-20(8-10-21)18(2)3)30(28(33)27(24)32)17-19-6-5-15-29-16-19/h5-16,18,25,31H,4,17H2,1-3H3/b26-24+/t25-/m0/s1. The summed E-state index contributed by atoms with van der Waals surface area (Å²) in [6.45, 7) is 6.83. The van der Waals surface area contributed by atoms with Crippen molar-refractivity contribution < 1.29 is 19.4 Å². The highest BCUT2D eigenvalue weighted by molar-refractivity contribution is 6.46. The molecular formula is C28H28N2O4. The molecule has 1 aliphatic heterocycles. The van der Waals surface area contributed by atoms with Gasteiger partial charge in [0.15, 0.2) is 0 Å². The summed E-state index contributed by atoms with van der Waals surface area (Å²) in [5.74, 6) is -0.535. The molecule has 0 spiro atoms. The number of aromatic nitrogens is 1. The Balaban J connectivity index is 1.81. The highest BCUT2D eigenvalue weighted by Gasteiger charge is 2.46. The minimum Gasteiger partial charge on any atom is -0.507 e. The first-order chi connectivity index (χ1) is 16.4. The van der Waals surface area contributed by atoms with E-state index in [4.69, 9.17) is 4.74 Å². The van der Waals surface area contributed by atoms with Crippen molar-refractivity contribution in [3.8, 4) is 5.75 Å². The van der Waals surface area contributed by atoms with Gasteiger partial charge in [0.2, 0.25) is 0 Å². The number of nitrogens with zero attached hydrogens (tertiary/aromatic N) is 2. The lowest BCUT2D eigenvalue weighted by molar-refractivity contribution is -0.140. The monoisotopic (exact) mass is 456 g/mol. The van der Waals surface area contributed by atoms with E-state index in [0.717, 1.165) is 16.7 Å². The van der Waals surface area contributed by atoms with Gasteiger partial charge in [-0.2, -0.15) is 0 Å². The number of hydrogen-bond acceptors (Lipinski definition) is 5. The summed E-state index contributed by atoms with van der Waals surface area (Å²) in [6.07, 6.45) is 3.33. The van der Waals surface area contributed by atoms with E-state index >= 15 is 0 Å². The van der Waals surface area contributed by atoms with Crippen molar-refractivity contribution >= 4 is 17.4 Å². The molecule has 1 aliphatic rings. The Kier molecular flexibility index (Phi) is 6.77. The SMILES string of the molecule is CCOc1ccc(/C(O)=C2\C(=O)C(=O)N(Cc3cccnc3)[C@H]2c2ccc(C(C)C)cc2)cc1. The predicted molar refractivity (Wildman–Crippen MR) is 130 cm³/mol. The van der Waals surface area contributed by atoms with Gasteiger partial charge >= 0.3 is 0 Å². The fraction of sp³-hybridized carbons (Fsp3) is 0.250. The van der Waals surface area contributed by atoms with Gasteiger partial charge in [0.25, 0.3) is 11.7 Å². The van der Waals surface area contributed by atoms with Gasteiger partial charge < -0.3 is 14.7 Å². The van der Waals surface area contributed by atoms with Crippen molar-refractivity contribution in [2.75, 3.05) is 6.61 Å². The van der Waals surface area contributed by atoms with Gasteiger partial charge in [-0.25, -0.2) is 0 Å². The van der Waals surface area contributed by atoms with Crippen LogP contribution in [-0.2, 0) is 16.1 Å². The van der Waals surface area contributed by atoms with E-state index in [0.29, 0.717) is 23.8 Å². The fourth-order valence-electron chi connectivity index (χ4n) is 4.17. The molecule has 2 aromatic carbocycles. The number of ketones is 1. The molecule has 34 heavy (non-hydrogen) atoms. The van der Waals surface area contributed by atoms with E-state index in [2.05, 4.69) is 18.8 Å². The van der Waals surface area contributed by atoms with Crippen molar-refractivity contribution in [1.29, 1.82) is 0 Å². The Bertz CT molecular complexity index is 1200. The van der Waals surface area contributed by atoms with Crippen LogP contribution in [0.2, 0.25) is 0 Å². The average Bonchev–Trinajstić information content (AvgIpc) is 3.10. The maximum Gasteiger partial charge on any atom is 0.295 e. The first-order valence-corrected chi connectivity index (χ1v) is 11.4. The molecule has 4 rings (SSSR count). The van der Waals surface area contributed by atoms with Gasteiger partial charge in [0, 0.05) is 24.5 Å². The zero-order valence-corrected chi connectivity index (χ0v) is 19.6. The zero-order chi connectivity index (χ0) is 24.2. The molecule has 3 aromatic rings. The summed E-state index contributed by atoms with van der Waals surface area (Å²) in [5.41, 5.74) is 3.25. The molecule has 0 bridgehead atoms. The third-order valence-corrected chi connectivity index (χ3v) is 5.97. The lowest BCUT2D eigenvalue weighted by Gasteiger charge is -2.25. The highest BCUT2D eigenvalue weighted by Crippen LogP contribution is 2.40. The zero-order valence-electron chi connectivity index (χ0n) is 19.6. The van der Waals surface area contributed by atoms with Crippen LogP contribution in [0.4, 0.5) is 0 Å². The van der Waals surface area contributed by atoms with Gasteiger partial charge in [-0.05, 0) is 59.9 Å². The number of rotatable bonds is 7. The number of hydrogen-bond donors (Lipinski definition) is 1. The minimum absolute atomic E-state index is 0.0790. The molecule has 6 nitrogen and oxygen atoms in total. The van der Waals surface area contributed by atoms with Crippen LogP contribution in [-0.4, -0.2) is 33.3 Å². The van der Waals surface area contributed by atoms with Crippen LogP contribution in [0.3, 0.4) is 0 Å². The second-order valence-corrected chi connectivity index (χ2v) is 8.57. The summed E-state index contributed by atoms with van der Waals surface area (Å²) in [4.78, 5) is 32.0. The van der Waals surface area contributed by atoms with Crippen LogP contribution in [0.1, 0.15) is 55.0 Å². The third-order valence-electron chi connectivity index (χ3n) is 5.97. The molecule has 1 amide bonds. The summed E-state index contributed by atoms with van der Waals surface area (Å²) < 4.78 is 5.48. The van der Waals surface area contributed by atoms with Gasteiger partial charge in [-0.15, -0.1) is 0 Å². The summed E-state index contributed by atoms with van der Waals surface area (Å²) in [5, 5.41) is 11.2. The van der Waals surface area contributed by atoms with E-state index < -0.39 is 17.7 Å². The van der Waals surface area contributed by atoms with Crippen molar-refractivity contribution in [1.82, 2.24) is 9.88 Å². The molecule has 0 unspecified atom stereocenters. The third kappa shape index (κ3) is 4.57. The van der Waals surface area contributed by atoms with Gasteiger partial charge in [0.05, 0.1) is 18.2 Å². The molecule has 174 valence electrons. The number of carbonyl (C=O) groups excluding carboxylic acids is 2. The van der Waals surface area contributed by atoms with Crippen LogP contribution >= 0.6 is 0 Å². The number of aliphatic hydroxyl groups excluding tert-OH is 1. The van der Waals surface area contributed by atoms with Gasteiger partial charge in [0.1, 0.15) is 11.5 Å². The molecule has 1 N–H and O–H groups in total. The Morgan fingerprint density at radius 1 is 1.06 bits per heavy atom. The summed E-state index contributed by atoms with van der Waals surface area (Å²) >= 11 is 0. The summed E-state index contributed by atoms with van der Waals surface area (Å²) in [7, 11) is 0. The van der Waals surface area contributed by atoms with E-state index in [1.54, 1.807) is 42.7 Å². The van der Waals surface area contributed by atoms with Crippen molar-refractivity contribution in [2.45, 2.75) is 39.3 Å². The number of ether oxygens (including phenoxy) is 1. The molecule has 1 aromatic heterocycles. The van der Waals surface area contributed by atoms with Crippen LogP contribution < -0.4 is 4.74 Å². The van der Waals surface area contributed by atoms with Gasteiger partial charge in [-0.1, -0.05) is 44.2 Å². The van der Waals surface area contributed by atoms with Crippen LogP contribution in [0.15, 0.2) is 78.6 Å². The first kappa shape index (κ1) is 23.2. The number of amides is 1. The molecule has 2 heterocycles. The van der Waals surface area contributed by atoms with Crippen molar-refractivity contribution in [2.24, 2.45) is 0 Å². The number of aliphatic hydroxyl groups is 1. The second-order valence-electron chi connectivity index (χ2n) is 8.57. The van der Waals surface area contributed by atoms with E-state index in [9.17, 15) is 14.7 Å². The second kappa shape index (κ2) is 9.91. The van der Waals surface area contributed by atoms with E-state index in [-0.39, 0.29) is 17.9 Å². The summed E-state index contributed by atoms with van der Waals surface area (Å²) in [6, 6.07) is 17.6. The molecule has 0 saturated carbocycles. The van der Waals surface area contributed by atoms with E-state index in [1.807, 2.05) is 37.3 Å². The largest absolute Gasteiger partial charge is 0.507 e. The number of Topliss-reactive ketones (excluding diaryl/α,β-unsaturated/α-hetero) is 1. The maximum atomic E-state index is 13.2. The Hall–Kier alpha value is -3.93. The topological polar surface area (TPSA) is 79.7 Å². The van der Waals surface area contributed by atoms with Crippen LogP contribution in [0, 0.1) is 0 Å². The lowest BCUT2D eigenvalue weighted by atomic mass is 9.93. The Labute approximate surface area is 199 Å². The lowest BCUT2D eigenvalue weighted by Crippen LogP contribution is -2.29. The van der Waals surface area contributed by atoms with E-state index in [1.165, 1.54) is 4.90 Å². The predicted octanol–water partition coefficient (Wildman–Crippen LogP) is 5.23. The molecule has 6 heteroatoms. The Morgan fingerprint density at radius 2 is 1.76 bits per heavy atom. The molecule has 1 fully saturated rings. The number of pyridine rings is 1. The van der Waals surface area contributed by atoms with Gasteiger partial charge in [-0.3, -0.25) is 14.6 Å². The number of benzene rings is 2. The maximum absolute atomic E-state index is 13.2. The first-order valence-electron chi connectivity index (χ1n) is 11.4. The Morgan fingerprint density at radius 3 is 2.35 bits per heavy atom. The smallest absolute Gasteiger partial charge is 0.295 e. The van der Waals surface area contributed by atoms with Crippen LogP contribution in [0.25, 0.3) is 5.76 Å². The molecule has 0 aliphatic carbocycles. The number of likely N-dealkylation sites (tertiary alicyclic amines) is 1. The van der Waals surface area contributed by atoms with Crippen molar-refractivity contribution in [3.05, 3.63) is 101 Å². The average molecular weight is 457 g/mol. The molecular weight excluding hydrogens is 428 g/mol. The normalized spacial score (nSPS) is 17.4. The van der Waals surface area contributed by atoms with Crippen LogP contribution in [0.5, 0.6) is 5.75 Å². The quantitative estimate of drug-likeness (QED) is 0.299. The molecule has 0 radical (unpaired) electrons. The molecule has 1 atom stereocenters. The number of carbonyl (C=O) groups is 2. The highest BCUT2D eigenvalue weighted by atomic mass is 16.5. The fourth-order valence-corrected chi connectivity index (χ4v) is 4.17. The minimum atomic E-state index is -0.715. The molecule has 1 saturated heterocycles.